The number of carbonyl (C=O) groups is 4. The van der Waals surface area contributed by atoms with Crippen molar-refractivity contribution in [3.05, 3.63) is 71.8 Å². The standard InChI is InChI=1S/2C19H27N3O5.Ca/c2*1-2-3-9-16(11-21(26)13-23)19(25)22-14-27-12-17(22)18(24)20-10-15-7-5-4-6-8-15;/h2*4-8,13,16-17,26H,2-3,9-12,14H2,1H3,(H,20,24);/q;;+2/p-2/t2*16-,17+;/m11./s1. The molecular formula is C38H52CaN6O10. The molecule has 0 aliphatic carbocycles. The first kappa shape index (κ1) is 47.5. The van der Waals surface area contributed by atoms with Gasteiger partial charge in [0.2, 0.25) is 24.6 Å². The van der Waals surface area contributed by atoms with Gasteiger partial charge in [-0.2, -0.15) is 0 Å². The molecule has 2 heterocycles. The van der Waals surface area contributed by atoms with E-state index >= 15 is 0 Å². The van der Waals surface area contributed by atoms with Crippen molar-refractivity contribution in [3.8, 4) is 0 Å². The molecule has 2 aliphatic heterocycles. The zero-order valence-electron chi connectivity index (χ0n) is 31.7. The maximum Gasteiger partial charge on any atom is 2.00 e. The van der Waals surface area contributed by atoms with E-state index in [4.69, 9.17) is 9.47 Å². The molecule has 4 amide bonds. The molecule has 0 unspecified atom stereocenters. The fourth-order valence-electron chi connectivity index (χ4n) is 5.94. The zero-order valence-corrected chi connectivity index (χ0v) is 33.9. The Kier molecular flexibility index (Phi) is 22.7. The van der Waals surface area contributed by atoms with Crippen molar-refractivity contribution in [2.45, 2.75) is 77.5 Å². The van der Waals surface area contributed by atoms with Gasteiger partial charge < -0.3 is 29.5 Å². The van der Waals surface area contributed by atoms with E-state index in [9.17, 15) is 39.8 Å². The van der Waals surface area contributed by atoms with Gasteiger partial charge in [0.25, 0.3) is 0 Å². The number of hydrogen-bond acceptors (Lipinski definition) is 12. The Balaban J connectivity index is 0.000000373. The third kappa shape index (κ3) is 15.8. The third-order valence-electron chi connectivity index (χ3n) is 8.99. The minimum Gasteiger partial charge on any atom is -0.860 e. The fourth-order valence-corrected chi connectivity index (χ4v) is 5.94. The molecule has 17 heteroatoms. The van der Waals surface area contributed by atoms with Crippen molar-refractivity contribution in [2.24, 2.45) is 21.8 Å². The molecule has 0 spiro atoms. The van der Waals surface area contributed by atoms with Crippen LogP contribution < -0.4 is 10.2 Å². The first-order valence-corrected chi connectivity index (χ1v) is 18.2. The quantitative estimate of drug-likeness (QED) is 0.0489. The van der Waals surface area contributed by atoms with Crippen LogP contribution in [0.15, 0.2) is 70.6 Å². The van der Waals surface area contributed by atoms with Crippen molar-refractivity contribution in [1.82, 2.24) is 19.9 Å². The summed E-state index contributed by atoms with van der Waals surface area (Å²) in [4.78, 5) is 58.1. The first-order valence-electron chi connectivity index (χ1n) is 18.2. The van der Waals surface area contributed by atoms with E-state index in [0.29, 0.717) is 23.0 Å². The molecule has 4 atom stereocenters. The molecule has 0 saturated carbocycles. The summed E-state index contributed by atoms with van der Waals surface area (Å²) in [5.74, 6) is -2.62. The number of benzene rings is 2. The summed E-state index contributed by atoms with van der Waals surface area (Å²) in [6.07, 6.45) is 4.86. The topological polar surface area (TPSA) is 211 Å². The number of unbranched alkanes of at least 4 members (excludes halogenated alkanes) is 2. The zero-order chi connectivity index (χ0) is 39.3. The van der Waals surface area contributed by atoms with Gasteiger partial charge in [0.1, 0.15) is 13.5 Å². The van der Waals surface area contributed by atoms with Crippen LogP contribution in [0, 0.1) is 11.8 Å². The Labute approximate surface area is 352 Å². The predicted molar refractivity (Wildman–Crippen MR) is 199 cm³/mol. The summed E-state index contributed by atoms with van der Waals surface area (Å²) in [7, 11) is 0. The van der Waals surface area contributed by atoms with Gasteiger partial charge in [-0.25, -0.2) is 10.1 Å². The summed E-state index contributed by atoms with van der Waals surface area (Å²) < 4.78 is 10.7. The second-order valence-electron chi connectivity index (χ2n) is 13.1. The van der Waals surface area contributed by atoms with Crippen LogP contribution in [-0.2, 0) is 41.7 Å². The molecule has 2 N–H and O–H groups in total. The van der Waals surface area contributed by atoms with Crippen molar-refractivity contribution < 1.29 is 49.3 Å². The normalized spacial score (nSPS) is 18.0. The Bertz CT molecular complexity index is 1390. The molecule has 0 radical (unpaired) electrons. The van der Waals surface area contributed by atoms with Gasteiger partial charge in [0.15, 0.2) is 0 Å². The minimum atomic E-state index is -0.770. The number of hydroxylamine groups is 4. The number of amides is 4. The Hall–Kier alpha value is -3.64. The van der Waals surface area contributed by atoms with Crippen LogP contribution in [0.1, 0.15) is 63.5 Å². The predicted octanol–water partition coefficient (Wildman–Crippen LogP) is 1.19. The third-order valence-corrected chi connectivity index (χ3v) is 8.99. The van der Waals surface area contributed by atoms with Crippen LogP contribution in [0.5, 0.6) is 0 Å². The largest absolute Gasteiger partial charge is 2.00 e. The number of nitrogens with zero attached hydrogens (tertiary/aromatic N) is 6. The maximum absolute atomic E-state index is 12.9. The van der Waals surface area contributed by atoms with Gasteiger partial charge >= 0.3 is 37.7 Å². The van der Waals surface area contributed by atoms with E-state index in [1.807, 2.05) is 74.5 Å². The molecule has 0 bridgehead atoms. The molecule has 55 heavy (non-hydrogen) atoms. The molecule has 2 saturated heterocycles. The van der Waals surface area contributed by atoms with E-state index < -0.39 is 35.7 Å². The van der Waals surface area contributed by atoms with Crippen LogP contribution in [0.2, 0.25) is 0 Å². The van der Waals surface area contributed by atoms with Gasteiger partial charge in [-0.1, -0.05) is 100 Å². The van der Waals surface area contributed by atoms with E-state index in [-0.39, 0.29) is 115 Å². The number of rotatable bonds is 20. The molecule has 296 valence electrons. The summed E-state index contributed by atoms with van der Waals surface area (Å²) in [6, 6.07) is 17.2. The van der Waals surface area contributed by atoms with Crippen LogP contribution in [0.25, 0.3) is 0 Å². The Morgan fingerprint density at radius 3 is 1.44 bits per heavy atom. The average Bonchev–Trinajstić information content (AvgIpc) is 3.91. The second-order valence-corrected chi connectivity index (χ2v) is 13.1. The van der Waals surface area contributed by atoms with Crippen molar-refractivity contribution in [3.63, 3.8) is 0 Å². The summed E-state index contributed by atoms with van der Waals surface area (Å²) in [5, 5.41) is 44.9. The van der Waals surface area contributed by atoms with Crippen molar-refractivity contribution >= 4 is 74.2 Å². The van der Waals surface area contributed by atoms with E-state index in [1.54, 1.807) is 0 Å². The smallest absolute Gasteiger partial charge is 0.860 e. The van der Waals surface area contributed by atoms with Crippen molar-refractivity contribution in [2.75, 3.05) is 39.8 Å². The molecule has 0 aromatic heterocycles. The molecule has 4 rings (SSSR count). The van der Waals surface area contributed by atoms with E-state index in [2.05, 4.69) is 9.98 Å². The molecule has 16 nitrogen and oxygen atoms in total. The Morgan fingerprint density at radius 1 is 0.745 bits per heavy atom. The maximum atomic E-state index is 12.9. The number of ether oxygens (including phenoxy) is 2. The number of carbonyl (C=O) groups excluding carboxylic acids is 4. The van der Waals surface area contributed by atoms with Crippen LogP contribution in [-0.4, -0.2) is 156 Å². The number of hydrogen-bond donors (Lipinski definition) is 2. The molecular weight excluding hydrogens is 741 g/mol. The SMILES string of the molecule is CCCC[C@H](CN(O)C=O)C(=O)N1COC[C@H]1C([O-])=NCc1ccccc1.CCCC[C@H](CN(O)C=O)C(=O)N1COC[C@H]1C([O-])=NCc1ccccc1.[Ca+2]. The monoisotopic (exact) mass is 792 g/mol. The molecule has 2 aliphatic rings. The van der Waals surface area contributed by atoms with Crippen LogP contribution >= 0.6 is 0 Å². The fraction of sp³-hybridized carbons (Fsp3) is 0.526. The summed E-state index contributed by atoms with van der Waals surface area (Å²) in [6.45, 7) is 4.45. The first-order chi connectivity index (χ1) is 26.1. The van der Waals surface area contributed by atoms with Crippen LogP contribution in [0.3, 0.4) is 0 Å². The van der Waals surface area contributed by atoms with Crippen LogP contribution in [0.4, 0.5) is 0 Å². The van der Waals surface area contributed by atoms with Gasteiger partial charge in [-0.15, -0.1) is 0 Å². The molecule has 2 aromatic carbocycles. The van der Waals surface area contributed by atoms with E-state index in [1.165, 1.54) is 9.80 Å². The van der Waals surface area contributed by atoms with Gasteiger partial charge in [0.05, 0.1) is 63.3 Å². The van der Waals surface area contributed by atoms with Crippen molar-refractivity contribution in [1.29, 1.82) is 0 Å². The number of aliphatic imine (C=N–C) groups is 2. The average molecular weight is 793 g/mol. The molecule has 2 fully saturated rings. The summed E-state index contributed by atoms with van der Waals surface area (Å²) in [5.41, 5.74) is 1.82. The van der Waals surface area contributed by atoms with Gasteiger partial charge in [0, 0.05) is 0 Å². The van der Waals surface area contributed by atoms with Gasteiger partial charge in [-0.3, -0.25) is 39.6 Å². The molecule has 2 aromatic rings. The van der Waals surface area contributed by atoms with Gasteiger partial charge in [-0.05, 0) is 35.8 Å². The Morgan fingerprint density at radius 2 is 1.11 bits per heavy atom. The van der Waals surface area contributed by atoms with E-state index in [0.717, 1.165) is 36.8 Å². The minimum absolute atomic E-state index is 0. The summed E-state index contributed by atoms with van der Waals surface area (Å²) >= 11 is 0. The second kappa shape index (κ2) is 26.3.